The van der Waals surface area contributed by atoms with Gasteiger partial charge >= 0.3 is 6.18 Å². The van der Waals surface area contributed by atoms with Crippen LogP contribution in [0.15, 0.2) is 53.6 Å². The Balaban J connectivity index is 2.08. The number of rotatable bonds is 4. The zero-order valence-corrected chi connectivity index (χ0v) is 13.3. The number of carbonyl (C=O) groups is 1. The number of halogens is 3. The van der Waals surface area contributed by atoms with Crippen molar-refractivity contribution >= 4 is 12.1 Å². The third kappa shape index (κ3) is 4.44. The largest absolute Gasteiger partial charge is 0.417 e. The van der Waals surface area contributed by atoms with E-state index >= 15 is 0 Å². The molecule has 0 aliphatic carbocycles. The van der Waals surface area contributed by atoms with Crippen molar-refractivity contribution in [3.63, 3.8) is 0 Å². The van der Waals surface area contributed by atoms with Crippen LogP contribution in [-0.2, 0) is 6.18 Å². The number of hydrogen-bond acceptors (Lipinski definition) is 2. The summed E-state index contributed by atoms with van der Waals surface area (Å²) in [4.78, 5) is 12.0. The van der Waals surface area contributed by atoms with E-state index in [4.69, 9.17) is 0 Å². The van der Waals surface area contributed by atoms with Gasteiger partial charge in [0.2, 0.25) is 0 Å². The third-order valence-corrected chi connectivity index (χ3v) is 3.48. The predicted molar refractivity (Wildman–Crippen MR) is 87.0 cm³/mol. The summed E-state index contributed by atoms with van der Waals surface area (Å²) in [6.07, 6.45) is -3.48. The molecule has 0 saturated heterocycles. The second-order valence-electron chi connectivity index (χ2n) is 5.56. The van der Waals surface area contributed by atoms with Gasteiger partial charge in [0.25, 0.3) is 5.91 Å². The van der Waals surface area contributed by atoms with Gasteiger partial charge in [0.05, 0.1) is 11.8 Å². The molecule has 0 unspecified atom stereocenters. The highest BCUT2D eigenvalue weighted by molar-refractivity contribution is 5.95. The van der Waals surface area contributed by atoms with E-state index in [1.165, 1.54) is 18.2 Å². The molecule has 0 fully saturated rings. The van der Waals surface area contributed by atoms with Gasteiger partial charge in [-0.05, 0) is 29.7 Å². The molecule has 126 valence electrons. The van der Waals surface area contributed by atoms with E-state index in [1.807, 2.05) is 26.0 Å². The molecule has 0 heterocycles. The van der Waals surface area contributed by atoms with Crippen LogP contribution in [0.5, 0.6) is 0 Å². The van der Waals surface area contributed by atoms with E-state index in [1.54, 1.807) is 12.1 Å². The Hall–Kier alpha value is -2.63. The number of hydrogen-bond donors (Lipinski definition) is 1. The lowest BCUT2D eigenvalue weighted by Crippen LogP contribution is -2.18. The molecule has 0 aromatic heterocycles. The second-order valence-corrected chi connectivity index (χ2v) is 5.56. The van der Waals surface area contributed by atoms with Crippen LogP contribution in [0.4, 0.5) is 13.2 Å². The fraction of sp³-hybridized carbons (Fsp3) is 0.222. The summed E-state index contributed by atoms with van der Waals surface area (Å²) >= 11 is 0. The van der Waals surface area contributed by atoms with Gasteiger partial charge < -0.3 is 0 Å². The molecule has 0 radical (unpaired) electrons. The van der Waals surface area contributed by atoms with Crippen LogP contribution < -0.4 is 5.43 Å². The van der Waals surface area contributed by atoms with E-state index < -0.39 is 17.6 Å². The highest BCUT2D eigenvalue weighted by Gasteiger charge is 2.32. The van der Waals surface area contributed by atoms with Crippen LogP contribution in [0.1, 0.15) is 46.8 Å². The fourth-order valence-electron chi connectivity index (χ4n) is 2.11. The zero-order valence-electron chi connectivity index (χ0n) is 13.3. The van der Waals surface area contributed by atoms with Crippen LogP contribution in [0, 0.1) is 0 Å². The number of nitrogens with zero attached hydrogens (tertiary/aromatic N) is 1. The molecule has 0 atom stereocenters. The van der Waals surface area contributed by atoms with Crippen LogP contribution in [0.3, 0.4) is 0 Å². The molecule has 3 nitrogen and oxygen atoms in total. The predicted octanol–water partition coefficient (Wildman–Crippen LogP) is 4.59. The average molecular weight is 334 g/mol. The number of amides is 1. The van der Waals surface area contributed by atoms with Crippen molar-refractivity contribution in [1.82, 2.24) is 5.43 Å². The lowest BCUT2D eigenvalue weighted by molar-refractivity contribution is -0.137. The second kappa shape index (κ2) is 7.29. The first-order valence-electron chi connectivity index (χ1n) is 7.38. The number of benzene rings is 2. The van der Waals surface area contributed by atoms with Crippen molar-refractivity contribution in [2.45, 2.75) is 25.9 Å². The standard InChI is InChI=1S/C18H17F3N2O/c1-12(2)13-7-9-14(10-8-13)17(24)23-22-11-15-5-3-4-6-16(15)18(19,20)21/h3-12H,1-2H3,(H,23,24)/b22-11+. The molecule has 2 aromatic carbocycles. The summed E-state index contributed by atoms with van der Waals surface area (Å²) in [7, 11) is 0. The average Bonchev–Trinajstić information content (AvgIpc) is 2.54. The molecule has 0 bridgehead atoms. The lowest BCUT2D eigenvalue weighted by atomic mass is 10.0. The maximum absolute atomic E-state index is 12.9. The first kappa shape index (κ1) is 17.7. The van der Waals surface area contributed by atoms with Gasteiger partial charge in [-0.15, -0.1) is 0 Å². The van der Waals surface area contributed by atoms with Gasteiger partial charge in [0, 0.05) is 11.1 Å². The van der Waals surface area contributed by atoms with E-state index in [-0.39, 0.29) is 5.56 Å². The monoisotopic (exact) mass is 334 g/mol. The molecule has 2 rings (SSSR count). The van der Waals surface area contributed by atoms with Crippen LogP contribution in [0.25, 0.3) is 0 Å². The molecular weight excluding hydrogens is 317 g/mol. The van der Waals surface area contributed by atoms with Crippen molar-refractivity contribution in [1.29, 1.82) is 0 Å². The third-order valence-electron chi connectivity index (χ3n) is 3.48. The van der Waals surface area contributed by atoms with Crippen molar-refractivity contribution in [3.8, 4) is 0 Å². The minimum Gasteiger partial charge on any atom is -0.267 e. The minimum absolute atomic E-state index is 0.111. The van der Waals surface area contributed by atoms with Gasteiger partial charge in [0.15, 0.2) is 0 Å². The SMILES string of the molecule is CC(C)c1ccc(C(=O)N/N=C/c2ccccc2C(F)(F)F)cc1. The zero-order chi connectivity index (χ0) is 17.7. The van der Waals surface area contributed by atoms with Crippen LogP contribution in [0.2, 0.25) is 0 Å². The maximum atomic E-state index is 12.9. The molecule has 6 heteroatoms. The first-order valence-corrected chi connectivity index (χ1v) is 7.38. The number of alkyl halides is 3. The summed E-state index contributed by atoms with van der Waals surface area (Å²) in [5.74, 6) is -0.134. The fourth-order valence-corrected chi connectivity index (χ4v) is 2.11. The van der Waals surface area contributed by atoms with Gasteiger partial charge in [-0.25, -0.2) is 5.43 Å². The molecule has 1 amide bonds. The van der Waals surface area contributed by atoms with Gasteiger partial charge in [-0.3, -0.25) is 4.79 Å². The van der Waals surface area contributed by atoms with Crippen molar-refractivity contribution < 1.29 is 18.0 Å². The van der Waals surface area contributed by atoms with E-state index in [9.17, 15) is 18.0 Å². The number of nitrogens with one attached hydrogen (secondary N) is 1. The number of hydrazone groups is 1. The van der Waals surface area contributed by atoms with E-state index in [2.05, 4.69) is 10.5 Å². The highest BCUT2D eigenvalue weighted by Crippen LogP contribution is 2.31. The Morgan fingerprint density at radius 3 is 2.29 bits per heavy atom. The normalized spacial score (nSPS) is 11.9. The van der Waals surface area contributed by atoms with Crippen molar-refractivity contribution in [2.24, 2.45) is 5.10 Å². The molecule has 24 heavy (non-hydrogen) atoms. The molecule has 1 N–H and O–H groups in total. The molecule has 0 aliphatic heterocycles. The van der Waals surface area contributed by atoms with E-state index in [0.717, 1.165) is 17.8 Å². The molecule has 2 aromatic rings. The summed E-state index contributed by atoms with van der Waals surface area (Å²) < 4.78 is 38.6. The van der Waals surface area contributed by atoms with Crippen molar-refractivity contribution in [3.05, 3.63) is 70.8 Å². The molecule has 0 spiro atoms. The van der Waals surface area contributed by atoms with Crippen molar-refractivity contribution in [2.75, 3.05) is 0 Å². The molecule has 0 saturated carbocycles. The Morgan fingerprint density at radius 1 is 1.08 bits per heavy atom. The summed E-state index contributed by atoms with van der Waals surface area (Å²) in [5.41, 5.74) is 2.81. The molecular formula is C18H17F3N2O. The Kier molecular flexibility index (Phi) is 5.39. The Labute approximate surface area is 138 Å². The maximum Gasteiger partial charge on any atom is 0.417 e. The lowest BCUT2D eigenvalue weighted by Gasteiger charge is -2.09. The van der Waals surface area contributed by atoms with Crippen LogP contribution in [-0.4, -0.2) is 12.1 Å². The van der Waals surface area contributed by atoms with Gasteiger partial charge in [0.1, 0.15) is 0 Å². The Morgan fingerprint density at radius 2 is 1.71 bits per heavy atom. The smallest absolute Gasteiger partial charge is 0.267 e. The minimum atomic E-state index is -4.47. The number of carbonyl (C=O) groups excluding carboxylic acids is 1. The Bertz CT molecular complexity index is 735. The first-order chi connectivity index (χ1) is 11.3. The van der Waals surface area contributed by atoms with Gasteiger partial charge in [-0.1, -0.05) is 44.2 Å². The summed E-state index contributed by atoms with van der Waals surface area (Å²) in [6, 6.07) is 12.0. The highest BCUT2D eigenvalue weighted by atomic mass is 19.4. The summed E-state index contributed by atoms with van der Waals surface area (Å²) in [6.45, 7) is 4.08. The molecule has 0 aliphatic rings. The summed E-state index contributed by atoms with van der Waals surface area (Å²) in [5, 5.41) is 3.63. The topological polar surface area (TPSA) is 41.5 Å². The van der Waals surface area contributed by atoms with Gasteiger partial charge in [-0.2, -0.15) is 18.3 Å². The van der Waals surface area contributed by atoms with Crippen LogP contribution >= 0.6 is 0 Å². The quantitative estimate of drug-likeness (QED) is 0.645. The van der Waals surface area contributed by atoms with E-state index in [0.29, 0.717) is 11.5 Å².